The summed E-state index contributed by atoms with van der Waals surface area (Å²) in [7, 11) is 0. The van der Waals surface area contributed by atoms with Crippen molar-refractivity contribution in [1.82, 2.24) is 4.90 Å². The molecule has 0 atom stereocenters. The molecular formula is C15H22N2O. The number of amides is 1. The zero-order chi connectivity index (χ0) is 13.1. The van der Waals surface area contributed by atoms with Crippen molar-refractivity contribution in [2.75, 3.05) is 19.6 Å². The molecular weight excluding hydrogens is 224 g/mol. The molecule has 1 aliphatic heterocycles. The molecule has 1 saturated heterocycles. The Morgan fingerprint density at radius 2 is 1.94 bits per heavy atom. The third kappa shape index (κ3) is 2.72. The van der Waals surface area contributed by atoms with E-state index in [9.17, 15) is 4.79 Å². The van der Waals surface area contributed by atoms with E-state index in [1.165, 1.54) is 16.7 Å². The SMILES string of the molecule is Cc1ccc(C2CCN(C(=O)CN)CC2)cc1C. The lowest BCUT2D eigenvalue weighted by Crippen LogP contribution is -2.41. The second-order valence-electron chi connectivity index (χ2n) is 5.20. The smallest absolute Gasteiger partial charge is 0.236 e. The zero-order valence-corrected chi connectivity index (χ0v) is 11.3. The van der Waals surface area contributed by atoms with Crippen molar-refractivity contribution < 1.29 is 4.79 Å². The largest absolute Gasteiger partial charge is 0.342 e. The molecule has 0 saturated carbocycles. The molecule has 0 spiro atoms. The molecule has 2 rings (SSSR count). The molecule has 0 aliphatic carbocycles. The minimum absolute atomic E-state index is 0.0773. The van der Waals surface area contributed by atoms with Crippen molar-refractivity contribution in [3.05, 3.63) is 34.9 Å². The fraction of sp³-hybridized carbons (Fsp3) is 0.533. The molecule has 0 radical (unpaired) electrons. The quantitative estimate of drug-likeness (QED) is 0.867. The summed E-state index contributed by atoms with van der Waals surface area (Å²) >= 11 is 0. The summed E-state index contributed by atoms with van der Waals surface area (Å²) in [5.41, 5.74) is 9.51. The van der Waals surface area contributed by atoms with Gasteiger partial charge >= 0.3 is 0 Å². The van der Waals surface area contributed by atoms with E-state index < -0.39 is 0 Å². The van der Waals surface area contributed by atoms with E-state index >= 15 is 0 Å². The Labute approximate surface area is 109 Å². The summed E-state index contributed by atoms with van der Waals surface area (Å²) in [6, 6.07) is 6.72. The highest BCUT2D eigenvalue weighted by Gasteiger charge is 2.23. The van der Waals surface area contributed by atoms with Crippen LogP contribution in [-0.2, 0) is 4.79 Å². The monoisotopic (exact) mass is 246 g/mol. The van der Waals surface area contributed by atoms with Crippen LogP contribution in [-0.4, -0.2) is 30.4 Å². The van der Waals surface area contributed by atoms with Gasteiger partial charge in [-0.25, -0.2) is 0 Å². The number of nitrogens with zero attached hydrogens (tertiary/aromatic N) is 1. The molecule has 0 bridgehead atoms. The maximum Gasteiger partial charge on any atom is 0.236 e. The third-order valence-electron chi connectivity index (χ3n) is 4.02. The fourth-order valence-electron chi connectivity index (χ4n) is 2.61. The van der Waals surface area contributed by atoms with Gasteiger partial charge in [-0.05, 0) is 49.3 Å². The molecule has 1 fully saturated rings. The van der Waals surface area contributed by atoms with Crippen LogP contribution in [0, 0.1) is 13.8 Å². The first-order chi connectivity index (χ1) is 8.61. The summed E-state index contributed by atoms with van der Waals surface area (Å²) in [6.07, 6.45) is 2.10. The van der Waals surface area contributed by atoms with E-state index in [0.717, 1.165) is 25.9 Å². The predicted octanol–water partition coefficient (Wildman–Crippen LogP) is 1.97. The summed E-state index contributed by atoms with van der Waals surface area (Å²) < 4.78 is 0. The van der Waals surface area contributed by atoms with Gasteiger partial charge in [0.05, 0.1) is 6.54 Å². The Kier molecular flexibility index (Phi) is 4.02. The molecule has 1 aromatic carbocycles. The average molecular weight is 246 g/mol. The second-order valence-corrected chi connectivity index (χ2v) is 5.20. The van der Waals surface area contributed by atoms with Gasteiger partial charge in [0.25, 0.3) is 0 Å². The summed E-state index contributed by atoms with van der Waals surface area (Å²) in [6.45, 7) is 6.11. The van der Waals surface area contributed by atoms with E-state index in [-0.39, 0.29) is 12.5 Å². The lowest BCUT2D eigenvalue weighted by molar-refractivity contribution is -0.130. The molecule has 1 aromatic rings. The van der Waals surface area contributed by atoms with Crippen molar-refractivity contribution in [2.24, 2.45) is 5.73 Å². The molecule has 1 amide bonds. The Bertz CT molecular complexity index is 434. The van der Waals surface area contributed by atoms with Gasteiger partial charge < -0.3 is 10.6 Å². The minimum atomic E-state index is 0.0773. The number of carbonyl (C=O) groups is 1. The van der Waals surface area contributed by atoms with Crippen molar-refractivity contribution in [1.29, 1.82) is 0 Å². The highest BCUT2D eigenvalue weighted by atomic mass is 16.2. The van der Waals surface area contributed by atoms with Crippen LogP contribution in [0.1, 0.15) is 35.4 Å². The number of hydrogen-bond donors (Lipinski definition) is 1. The maximum atomic E-state index is 11.5. The molecule has 2 N–H and O–H groups in total. The average Bonchev–Trinajstić information content (AvgIpc) is 2.41. The summed E-state index contributed by atoms with van der Waals surface area (Å²) in [4.78, 5) is 13.4. The van der Waals surface area contributed by atoms with Crippen LogP contribution < -0.4 is 5.73 Å². The summed E-state index contributed by atoms with van der Waals surface area (Å²) in [5, 5.41) is 0. The van der Waals surface area contributed by atoms with Gasteiger partial charge in [-0.15, -0.1) is 0 Å². The molecule has 1 aliphatic rings. The molecule has 3 heteroatoms. The minimum Gasteiger partial charge on any atom is -0.342 e. The Hall–Kier alpha value is -1.35. The van der Waals surface area contributed by atoms with Gasteiger partial charge in [-0.3, -0.25) is 4.79 Å². The first kappa shape index (κ1) is 13.1. The summed E-state index contributed by atoms with van der Waals surface area (Å²) in [5.74, 6) is 0.666. The maximum absolute atomic E-state index is 11.5. The molecule has 3 nitrogen and oxygen atoms in total. The van der Waals surface area contributed by atoms with E-state index in [4.69, 9.17) is 5.73 Å². The van der Waals surface area contributed by atoms with Crippen LogP contribution in [0.5, 0.6) is 0 Å². The topological polar surface area (TPSA) is 46.3 Å². The Balaban J connectivity index is 2.01. The Morgan fingerprint density at radius 3 is 2.50 bits per heavy atom. The zero-order valence-electron chi connectivity index (χ0n) is 11.3. The Morgan fingerprint density at radius 1 is 1.28 bits per heavy atom. The molecule has 98 valence electrons. The van der Waals surface area contributed by atoms with E-state index in [1.807, 2.05) is 4.90 Å². The third-order valence-corrected chi connectivity index (χ3v) is 4.02. The molecule has 18 heavy (non-hydrogen) atoms. The van der Waals surface area contributed by atoms with Gasteiger partial charge in [0.1, 0.15) is 0 Å². The van der Waals surface area contributed by atoms with E-state index in [2.05, 4.69) is 32.0 Å². The number of carbonyl (C=O) groups excluding carboxylic acids is 1. The molecule has 0 aromatic heterocycles. The fourth-order valence-corrected chi connectivity index (χ4v) is 2.61. The second kappa shape index (κ2) is 5.53. The van der Waals surface area contributed by atoms with E-state index in [0.29, 0.717) is 5.92 Å². The lowest BCUT2D eigenvalue weighted by atomic mass is 9.88. The first-order valence-corrected chi connectivity index (χ1v) is 6.67. The number of nitrogens with two attached hydrogens (primary N) is 1. The van der Waals surface area contributed by atoms with Crippen molar-refractivity contribution >= 4 is 5.91 Å². The van der Waals surface area contributed by atoms with Crippen LogP contribution >= 0.6 is 0 Å². The van der Waals surface area contributed by atoms with Crippen LogP contribution in [0.15, 0.2) is 18.2 Å². The number of benzene rings is 1. The normalized spacial score (nSPS) is 16.9. The van der Waals surface area contributed by atoms with Crippen molar-refractivity contribution in [3.8, 4) is 0 Å². The van der Waals surface area contributed by atoms with Crippen LogP contribution in [0.25, 0.3) is 0 Å². The van der Waals surface area contributed by atoms with Crippen molar-refractivity contribution in [3.63, 3.8) is 0 Å². The van der Waals surface area contributed by atoms with Gasteiger partial charge in [0, 0.05) is 13.1 Å². The van der Waals surface area contributed by atoms with Gasteiger partial charge in [0.2, 0.25) is 5.91 Å². The number of likely N-dealkylation sites (tertiary alicyclic amines) is 1. The standard InChI is InChI=1S/C15H22N2O/c1-11-3-4-14(9-12(11)2)13-5-7-17(8-6-13)15(18)10-16/h3-4,9,13H,5-8,10,16H2,1-2H3. The number of hydrogen-bond acceptors (Lipinski definition) is 2. The first-order valence-electron chi connectivity index (χ1n) is 6.67. The van der Waals surface area contributed by atoms with Gasteiger partial charge in [-0.2, -0.15) is 0 Å². The predicted molar refractivity (Wildman–Crippen MR) is 73.5 cm³/mol. The highest BCUT2D eigenvalue weighted by Crippen LogP contribution is 2.29. The van der Waals surface area contributed by atoms with Crippen LogP contribution in [0.4, 0.5) is 0 Å². The van der Waals surface area contributed by atoms with Gasteiger partial charge in [0.15, 0.2) is 0 Å². The number of rotatable bonds is 2. The van der Waals surface area contributed by atoms with Crippen LogP contribution in [0.2, 0.25) is 0 Å². The van der Waals surface area contributed by atoms with E-state index in [1.54, 1.807) is 0 Å². The number of piperidine rings is 1. The molecule has 1 heterocycles. The van der Waals surface area contributed by atoms with Crippen molar-refractivity contribution in [2.45, 2.75) is 32.6 Å². The van der Waals surface area contributed by atoms with Gasteiger partial charge in [-0.1, -0.05) is 18.2 Å². The molecule has 0 unspecified atom stereocenters. The highest BCUT2D eigenvalue weighted by molar-refractivity contribution is 5.78. The number of aryl methyl sites for hydroxylation is 2. The lowest BCUT2D eigenvalue weighted by Gasteiger charge is -2.32. The van der Waals surface area contributed by atoms with Crippen LogP contribution in [0.3, 0.4) is 0 Å².